The van der Waals surface area contributed by atoms with Crippen LogP contribution in [0.5, 0.6) is 0 Å². The van der Waals surface area contributed by atoms with Gasteiger partial charge in [0, 0.05) is 32.7 Å². The van der Waals surface area contributed by atoms with Gasteiger partial charge in [-0.1, -0.05) is 29.3 Å². The Morgan fingerprint density at radius 1 is 1.23 bits per heavy atom. The molecule has 1 saturated heterocycles. The lowest BCUT2D eigenvalue weighted by atomic mass is 10.1. The van der Waals surface area contributed by atoms with E-state index in [2.05, 4.69) is 47.7 Å². The van der Waals surface area contributed by atoms with E-state index >= 15 is 0 Å². The van der Waals surface area contributed by atoms with E-state index < -0.39 is 0 Å². The van der Waals surface area contributed by atoms with Crippen LogP contribution in [0.25, 0.3) is 0 Å². The Hall–Kier alpha value is -2.24. The Morgan fingerprint density at radius 2 is 1.88 bits per heavy atom. The van der Waals surface area contributed by atoms with Crippen molar-refractivity contribution in [2.75, 3.05) is 33.3 Å². The van der Waals surface area contributed by atoms with Gasteiger partial charge in [0.15, 0.2) is 5.96 Å². The third kappa shape index (κ3) is 6.24. The number of aryl methyl sites for hydroxylation is 2. The van der Waals surface area contributed by atoms with E-state index in [0.29, 0.717) is 12.6 Å². The maximum Gasteiger partial charge on any atom is 0.409 e. The lowest BCUT2D eigenvalue weighted by Gasteiger charge is -2.32. The van der Waals surface area contributed by atoms with Gasteiger partial charge in [-0.05, 0) is 45.6 Å². The summed E-state index contributed by atoms with van der Waals surface area (Å²) in [6.45, 7) is 8.80. The highest BCUT2D eigenvalue weighted by molar-refractivity contribution is 5.80. The van der Waals surface area contributed by atoms with E-state index in [9.17, 15) is 4.79 Å². The molecule has 1 heterocycles. The fourth-order valence-electron chi connectivity index (χ4n) is 3.35. The van der Waals surface area contributed by atoms with Crippen molar-refractivity contribution < 1.29 is 9.53 Å². The number of hydrogen-bond acceptors (Lipinski definition) is 3. The van der Waals surface area contributed by atoms with Gasteiger partial charge in [-0.3, -0.25) is 4.99 Å². The highest BCUT2D eigenvalue weighted by Crippen LogP contribution is 2.12. The molecule has 2 N–H and O–H groups in total. The minimum absolute atomic E-state index is 0.207. The molecule has 1 aromatic rings. The number of guanidine groups is 1. The van der Waals surface area contributed by atoms with Gasteiger partial charge in [0.1, 0.15) is 0 Å². The summed E-state index contributed by atoms with van der Waals surface area (Å²) in [5.41, 5.74) is 3.94. The summed E-state index contributed by atoms with van der Waals surface area (Å²) in [5.74, 6) is 0.823. The molecule has 0 spiro atoms. The summed E-state index contributed by atoms with van der Waals surface area (Å²) >= 11 is 0. The van der Waals surface area contributed by atoms with Crippen molar-refractivity contribution in [3.63, 3.8) is 0 Å². The molecule has 6 heteroatoms. The molecule has 1 aliphatic heterocycles. The normalized spacial score (nSPS) is 15.7. The van der Waals surface area contributed by atoms with Crippen LogP contribution < -0.4 is 10.6 Å². The van der Waals surface area contributed by atoms with Gasteiger partial charge in [-0.2, -0.15) is 0 Å². The van der Waals surface area contributed by atoms with Crippen molar-refractivity contribution in [2.24, 2.45) is 4.99 Å². The summed E-state index contributed by atoms with van der Waals surface area (Å²) in [6.07, 6.45) is 2.56. The minimum Gasteiger partial charge on any atom is -0.450 e. The topological polar surface area (TPSA) is 66.0 Å². The maximum atomic E-state index is 11.8. The monoisotopic (exact) mass is 360 g/mol. The molecule has 0 bridgehead atoms. The van der Waals surface area contributed by atoms with Gasteiger partial charge in [0.05, 0.1) is 6.61 Å². The van der Waals surface area contributed by atoms with Crippen LogP contribution in [0.2, 0.25) is 0 Å². The van der Waals surface area contributed by atoms with Crippen LogP contribution in [-0.4, -0.2) is 56.3 Å². The van der Waals surface area contributed by atoms with E-state index in [1.165, 1.54) is 16.7 Å². The van der Waals surface area contributed by atoms with Gasteiger partial charge in [0.25, 0.3) is 0 Å². The lowest BCUT2D eigenvalue weighted by molar-refractivity contribution is 0.0963. The Bertz CT molecular complexity index is 602. The fraction of sp³-hybridized carbons (Fsp3) is 0.600. The molecule has 0 aromatic heterocycles. The molecule has 144 valence electrons. The van der Waals surface area contributed by atoms with Crippen molar-refractivity contribution in [3.05, 3.63) is 34.9 Å². The number of benzene rings is 1. The van der Waals surface area contributed by atoms with Crippen LogP contribution in [0, 0.1) is 13.8 Å². The largest absolute Gasteiger partial charge is 0.450 e. The number of rotatable bonds is 5. The van der Waals surface area contributed by atoms with E-state index in [-0.39, 0.29) is 6.09 Å². The van der Waals surface area contributed by atoms with Crippen LogP contribution >= 0.6 is 0 Å². The zero-order valence-electron chi connectivity index (χ0n) is 16.5. The Morgan fingerprint density at radius 3 is 2.46 bits per heavy atom. The zero-order chi connectivity index (χ0) is 18.9. The number of ether oxygens (including phenoxy) is 1. The number of amides is 1. The third-order valence-electron chi connectivity index (χ3n) is 4.57. The highest BCUT2D eigenvalue weighted by atomic mass is 16.6. The van der Waals surface area contributed by atoms with Crippen molar-refractivity contribution in [2.45, 2.75) is 46.1 Å². The van der Waals surface area contributed by atoms with Crippen LogP contribution in [0.15, 0.2) is 23.2 Å². The van der Waals surface area contributed by atoms with E-state index in [0.717, 1.165) is 44.9 Å². The molecule has 0 atom stereocenters. The number of carbonyl (C=O) groups excluding carboxylic acids is 1. The maximum absolute atomic E-state index is 11.8. The molecule has 1 aliphatic rings. The number of carbonyl (C=O) groups is 1. The average Bonchev–Trinajstić information content (AvgIpc) is 2.61. The molecule has 0 unspecified atom stereocenters. The quantitative estimate of drug-likeness (QED) is 0.626. The van der Waals surface area contributed by atoms with Gasteiger partial charge in [0.2, 0.25) is 0 Å². The number of hydrogen-bond donors (Lipinski definition) is 2. The van der Waals surface area contributed by atoms with Gasteiger partial charge in [-0.25, -0.2) is 4.79 Å². The second kappa shape index (κ2) is 10.0. The minimum atomic E-state index is -0.207. The molecule has 26 heavy (non-hydrogen) atoms. The number of aliphatic imine (C=N–C) groups is 1. The van der Waals surface area contributed by atoms with Gasteiger partial charge in [-0.15, -0.1) is 0 Å². The van der Waals surface area contributed by atoms with Crippen molar-refractivity contribution in [1.82, 2.24) is 15.5 Å². The third-order valence-corrected chi connectivity index (χ3v) is 4.57. The SMILES string of the molecule is CCOC(=O)N1CCC(NC(=NC)NCCc2cc(C)cc(C)c2)CC1. The molecule has 1 fully saturated rings. The molecular formula is C20H32N4O2. The van der Waals surface area contributed by atoms with E-state index in [4.69, 9.17) is 4.74 Å². The first-order valence-corrected chi connectivity index (χ1v) is 9.48. The molecule has 1 aromatic carbocycles. The number of nitrogens with one attached hydrogen (secondary N) is 2. The molecule has 0 saturated carbocycles. The zero-order valence-corrected chi connectivity index (χ0v) is 16.5. The van der Waals surface area contributed by atoms with Gasteiger partial charge >= 0.3 is 6.09 Å². The fourth-order valence-corrected chi connectivity index (χ4v) is 3.35. The van der Waals surface area contributed by atoms with Gasteiger partial charge < -0.3 is 20.3 Å². The van der Waals surface area contributed by atoms with Crippen molar-refractivity contribution in [3.8, 4) is 0 Å². The summed E-state index contributed by atoms with van der Waals surface area (Å²) in [4.78, 5) is 17.9. The number of nitrogens with zero attached hydrogens (tertiary/aromatic N) is 2. The summed E-state index contributed by atoms with van der Waals surface area (Å²) < 4.78 is 5.06. The second-order valence-corrected chi connectivity index (χ2v) is 6.85. The molecule has 1 amide bonds. The highest BCUT2D eigenvalue weighted by Gasteiger charge is 2.23. The van der Waals surface area contributed by atoms with E-state index in [1.54, 1.807) is 11.9 Å². The average molecular weight is 361 g/mol. The number of likely N-dealkylation sites (tertiary alicyclic amines) is 1. The van der Waals surface area contributed by atoms with Crippen LogP contribution in [0.4, 0.5) is 4.79 Å². The molecular weight excluding hydrogens is 328 g/mol. The van der Waals surface area contributed by atoms with Crippen LogP contribution in [0.1, 0.15) is 36.5 Å². The first-order chi connectivity index (χ1) is 12.5. The summed E-state index contributed by atoms with van der Waals surface area (Å²) in [6, 6.07) is 6.99. The molecule has 6 nitrogen and oxygen atoms in total. The second-order valence-electron chi connectivity index (χ2n) is 6.85. The van der Waals surface area contributed by atoms with Crippen molar-refractivity contribution in [1.29, 1.82) is 0 Å². The first-order valence-electron chi connectivity index (χ1n) is 9.48. The predicted octanol–water partition coefficient (Wildman–Crippen LogP) is 2.63. The van der Waals surface area contributed by atoms with Crippen LogP contribution in [0.3, 0.4) is 0 Å². The standard InChI is InChI=1S/C20H32N4O2/c1-5-26-20(25)24-10-7-18(8-11-24)23-19(21-4)22-9-6-17-13-15(2)12-16(3)14-17/h12-14,18H,5-11H2,1-4H3,(H2,21,22,23). The van der Waals surface area contributed by atoms with E-state index in [1.807, 2.05) is 6.92 Å². The summed E-state index contributed by atoms with van der Waals surface area (Å²) in [7, 11) is 1.79. The number of piperidine rings is 1. The molecule has 0 aliphatic carbocycles. The molecule has 2 rings (SSSR count). The molecule has 0 radical (unpaired) electrons. The first kappa shape index (κ1) is 20.1. The Balaban J connectivity index is 1.73. The Kier molecular flexibility index (Phi) is 7.75. The summed E-state index contributed by atoms with van der Waals surface area (Å²) in [5, 5.41) is 6.86. The predicted molar refractivity (Wildman–Crippen MR) is 106 cm³/mol. The Labute approximate surface area is 157 Å². The van der Waals surface area contributed by atoms with Crippen LogP contribution in [-0.2, 0) is 11.2 Å². The smallest absolute Gasteiger partial charge is 0.409 e. The van der Waals surface area contributed by atoms with Crippen molar-refractivity contribution >= 4 is 12.1 Å². The lowest BCUT2D eigenvalue weighted by Crippen LogP contribution is -2.50.